The largest absolute Gasteiger partial charge is 0.396 e. The SMILES string of the molecule is Cc1noc(C(C)C)c1C(=O)NC(C)CCCO. The van der Waals surface area contributed by atoms with Gasteiger partial charge in [0, 0.05) is 18.6 Å². The Labute approximate surface area is 108 Å². The van der Waals surface area contributed by atoms with Gasteiger partial charge in [-0.15, -0.1) is 0 Å². The fourth-order valence-electron chi connectivity index (χ4n) is 1.82. The van der Waals surface area contributed by atoms with Gasteiger partial charge in [-0.2, -0.15) is 0 Å². The molecule has 1 amide bonds. The van der Waals surface area contributed by atoms with Crippen LogP contribution in [0.25, 0.3) is 0 Å². The lowest BCUT2D eigenvalue weighted by Crippen LogP contribution is -2.33. The second kappa shape index (κ2) is 6.54. The minimum Gasteiger partial charge on any atom is -0.396 e. The van der Waals surface area contributed by atoms with Crippen LogP contribution in [0.4, 0.5) is 0 Å². The first-order chi connectivity index (χ1) is 8.47. The lowest BCUT2D eigenvalue weighted by Gasteiger charge is -2.13. The zero-order chi connectivity index (χ0) is 13.7. The summed E-state index contributed by atoms with van der Waals surface area (Å²) in [4.78, 5) is 12.2. The summed E-state index contributed by atoms with van der Waals surface area (Å²) in [5.74, 6) is 0.599. The molecule has 0 radical (unpaired) electrons. The fraction of sp³-hybridized carbons (Fsp3) is 0.692. The Morgan fingerprint density at radius 3 is 2.67 bits per heavy atom. The van der Waals surface area contributed by atoms with Crippen molar-refractivity contribution < 1.29 is 14.4 Å². The normalized spacial score (nSPS) is 12.8. The van der Waals surface area contributed by atoms with Gasteiger partial charge in [0.05, 0.1) is 5.69 Å². The van der Waals surface area contributed by atoms with Gasteiger partial charge in [-0.1, -0.05) is 19.0 Å². The highest BCUT2D eigenvalue weighted by atomic mass is 16.5. The number of aliphatic hydroxyl groups excluding tert-OH is 1. The summed E-state index contributed by atoms with van der Waals surface area (Å²) in [5.41, 5.74) is 1.16. The van der Waals surface area contributed by atoms with Crippen molar-refractivity contribution in [1.29, 1.82) is 0 Å². The molecule has 0 saturated heterocycles. The number of carbonyl (C=O) groups is 1. The number of aryl methyl sites for hydroxylation is 1. The maximum Gasteiger partial charge on any atom is 0.257 e. The third-order valence-corrected chi connectivity index (χ3v) is 2.81. The van der Waals surface area contributed by atoms with Crippen LogP contribution in [0.15, 0.2) is 4.52 Å². The quantitative estimate of drug-likeness (QED) is 0.814. The van der Waals surface area contributed by atoms with E-state index in [2.05, 4.69) is 10.5 Å². The number of nitrogens with zero attached hydrogens (tertiary/aromatic N) is 1. The van der Waals surface area contributed by atoms with E-state index in [-0.39, 0.29) is 24.5 Å². The number of nitrogens with one attached hydrogen (secondary N) is 1. The molecule has 0 saturated carbocycles. The monoisotopic (exact) mass is 254 g/mol. The van der Waals surface area contributed by atoms with E-state index in [4.69, 9.17) is 9.63 Å². The minimum absolute atomic E-state index is 0.0268. The highest BCUT2D eigenvalue weighted by Crippen LogP contribution is 2.22. The molecule has 5 heteroatoms. The van der Waals surface area contributed by atoms with Gasteiger partial charge in [-0.3, -0.25) is 4.79 Å². The lowest BCUT2D eigenvalue weighted by atomic mass is 10.0. The number of hydrogen-bond donors (Lipinski definition) is 2. The molecule has 18 heavy (non-hydrogen) atoms. The van der Waals surface area contributed by atoms with E-state index in [1.165, 1.54) is 0 Å². The van der Waals surface area contributed by atoms with Crippen molar-refractivity contribution in [3.05, 3.63) is 17.0 Å². The van der Waals surface area contributed by atoms with Crippen LogP contribution >= 0.6 is 0 Å². The van der Waals surface area contributed by atoms with Gasteiger partial charge < -0.3 is 14.9 Å². The van der Waals surface area contributed by atoms with Crippen molar-refractivity contribution in [1.82, 2.24) is 10.5 Å². The third kappa shape index (κ3) is 3.57. The molecule has 0 bridgehead atoms. The van der Waals surface area contributed by atoms with Crippen LogP contribution in [-0.4, -0.2) is 28.8 Å². The molecule has 0 fully saturated rings. The highest BCUT2D eigenvalue weighted by molar-refractivity contribution is 5.96. The molecule has 0 aliphatic carbocycles. The Bertz CT molecular complexity index is 399. The molecule has 0 aromatic carbocycles. The lowest BCUT2D eigenvalue weighted by molar-refractivity contribution is 0.0933. The van der Waals surface area contributed by atoms with Gasteiger partial charge in [-0.05, 0) is 26.7 Å². The minimum atomic E-state index is -0.150. The number of amides is 1. The molecular formula is C13H22N2O3. The van der Waals surface area contributed by atoms with Crippen LogP contribution in [0.1, 0.15) is 61.3 Å². The third-order valence-electron chi connectivity index (χ3n) is 2.81. The molecule has 5 nitrogen and oxygen atoms in total. The predicted octanol–water partition coefficient (Wildman–Crippen LogP) is 2.00. The molecule has 0 aliphatic rings. The summed E-state index contributed by atoms with van der Waals surface area (Å²) in [6.07, 6.45) is 1.44. The van der Waals surface area contributed by atoms with Crippen molar-refractivity contribution in [2.24, 2.45) is 0 Å². The van der Waals surface area contributed by atoms with Crippen LogP contribution in [0.2, 0.25) is 0 Å². The number of rotatable bonds is 6. The first kappa shape index (κ1) is 14.7. The van der Waals surface area contributed by atoms with E-state index in [0.717, 1.165) is 6.42 Å². The van der Waals surface area contributed by atoms with E-state index >= 15 is 0 Å². The van der Waals surface area contributed by atoms with Crippen molar-refractivity contribution >= 4 is 5.91 Å². The van der Waals surface area contributed by atoms with Gasteiger partial charge in [-0.25, -0.2) is 0 Å². The number of hydrogen-bond acceptors (Lipinski definition) is 4. The van der Waals surface area contributed by atoms with E-state index in [0.29, 0.717) is 23.4 Å². The van der Waals surface area contributed by atoms with Crippen LogP contribution < -0.4 is 5.32 Å². The van der Waals surface area contributed by atoms with Crippen LogP contribution in [-0.2, 0) is 0 Å². The molecule has 1 aromatic heterocycles. The average Bonchev–Trinajstić information content (AvgIpc) is 2.68. The van der Waals surface area contributed by atoms with Crippen LogP contribution in [0.5, 0.6) is 0 Å². The van der Waals surface area contributed by atoms with Crippen molar-refractivity contribution in [2.75, 3.05) is 6.61 Å². The summed E-state index contributed by atoms with van der Waals surface area (Å²) >= 11 is 0. The number of aromatic nitrogens is 1. The first-order valence-electron chi connectivity index (χ1n) is 6.35. The molecule has 1 heterocycles. The summed E-state index contributed by atoms with van der Waals surface area (Å²) < 4.78 is 5.19. The van der Waals surface area contributed by atoms with E-state index in [1.54, 1.807) is 6.92 Å². The highest BCUT2D eigenvalue weighted by Gasteiger charge is 2.23. The second-order valence-electron chi connectivity index (χ2n) is 4.90. The van der Waals surface area contributed by atoms with Crippen molar-refractivity contribution in [3.8, 4) is 0 Å². The van der Waals surface area contributed by atoms with E-state index in [9.17, 15) is 4.79 Å². The van der Waals surface area contributed by atoms with E-state index in [1.807, 2.05) is 20.8 Å². The first-order valence-corrected chi connectivity index (χ1v) is 6.35. The smallest absolute Gasteiger partial charge is 0.257 e. The zero-order valence-electron chi connectivity index (χ0n) is 11.5. The zero-order valence-corrected chi connectivity index (χ0v) is 11.5. The summed E-state index contributed by atoms with van der Waals surface area (Å²) in [6.45, 7) is 7.76. The van der Waals surface area contributed by atoms with Gasteiger partial charge in [0.15, 0.2) is 5.76 Å². The molecule has 1 aromatic rings. The topological polar surface area (TPSA) is 75.4 Å². The van der Waals surface area contributed by atoms with Crippen molar-refractivity contribution in [2.45, 2.75) is 52.5 Å². The standard InChI is InChI=1S/C13H22N2O3/c1-8(2)12-11(10(4)15-18-12)13(17)14-9(3)6-5-7-16/h8-9,16H,5-7H2,1-4H3,(H,14,17). The molecule has 2 N–H and O–H groups in total. The summed E-state index contributed by atoms with van der Waals surface area (Å²) in [7, 11) is 0. The Morgan fingerprint density at radius 1 is 1.44 bits per heavy atom. The maximum atomic E-state index is 12.2. The predicted molar refractivity (Wildman–Crippen MR) is 68.6 cm³/mol. The van der Waals surface area contributed by atoms with Crippen LogP contribution in [0, 0.1) is 6.92 Å². The molecular weight excluding hydrogens is 232 g/mol. The molecule has 102 valence electrons. The molecule has 1 unspecified atom stereocenters. The Hall–Kier alpha value is -1.36. The molecule has 0 aliphatic heterocycles. The fourth-order valence-corrected chi connectivity index (χ4v) is 1.82. The van der Waals surface area contributed by atoms with E-state index < -0.39 is 0 Å². The number of aliphatic hydroxyl groups is 1. The van der Waals surface area contributed by atoms with Crippen LogP contribution in [0.3, 0.4) is 0 Å². The Morgan fingerprint density at radius 2 is 2.11 bits per heavy atom. The van der Waals surface area contributed by atoms with Gasteiger partial charge >= 0.3 is 0 Å². The van der Waals surface area contributed by atoms with Gasteiger partial charge in [0.25, 0.3) is 5.91 Å². The molecule has 0 spiro atoms. The Balaban J connectivity index is 2.75. The summed E-state index contributed by atoms with van der Waals surface area (Å²) in [5, 5.41) is 15.5. The van der Waals surface area contributed by atoms with Gasteiger partial charge in [0.1, 0.15) is 5.56 Å². The summed E-state index contributed by atoms with van der Waals surface area (Å²) in [6, 6.07) is 0.0268. The number of carbonyl (C=O) groups excluding carboxylic acids is 1. The molecule has 1 atom stereocenters. The van der Waals surface area contributed by atoms with Gasteiger partial charge in [0.2, 0.25) is 0 Å². The molecule has 1 rings (SSSR count). The average molecular weight is 254 g/mol. The second-order valence-corrected chi connectivity index (χ2v) is 4.90. The van der Waals surface area contributed by atoms with Crippen molar-refractivity contribution in [3.63, 3.8) is 0 Å². The maximum absolute atomic E-state index is 12.2. The Kier molecular flexibility index (Phi) is 5.34.